The Balaban J connectivity index is 2.36. The maximum Gasteiger partial charge on any atom is 0.173 e. The van der Waals surface area contributed by atoms with Gasteiger partial charge in [0.05, 0.1) is 5.56 Å². The zero-order chi connectivity index (χ0) is 11.8. The molecule has 0 amide bonds. The zero-order valence-electron chi connectivity index (χ0n) is 9.44. The van der Waals surface area contributed by atoms with E-state index in [1.165, 1.54) is 0 Å². The first-order chi connectivity index (χ1) is 7.55. The molecule has 0 bridgehead atoms. The van der Waals surface area contributed by atoms with Crippen molar-refractivity contribution < 1.29 is 4.79 Å². The van der Waals surface area contributed by atoms with Crippen LogP contribution in [0.2, 0.25) is 0 Å². The van der Waals surface area contributed by atoms with Gasteiger partial charge in [-0.2, -0.15) is 0 Å². The van der Waals surface area contributed by atoms with E-state index in [0.29, 0.717) is 11.4 Å². The number of nitrogens with two attached hydrogens (primary N) is 2. The van der Waals surface area contributed by atoms with Gasteiger partial charge in [-0.15, -0.1) is 0 Å². The predicted octanol–water partition coefficient (Wildman–Crippen LogP) is 1.36. The van der Waals surface area contributed by atoms with Gasteiger partial charge in [0.15, 0.2) is 5.78 Å². The molecule has 0 aliphatic heterocycles. The van der Waals surface area contributed by atoms with Crippen molar-refractivity contribution in [2.75, 3.05) is 5.73 Å². The summed E-state index contributed by atoms with van der Waals surface area (Å²) in [7, 11) is 0. The van der Waals surface area contributed by atoms with Crippen LogP contribution >= 0.6 is 0 Å². The summed E-state index contributed by atoms with van der Waals surface area (Å²) in [4.78, 5) is 16.3. The fourth-order valence-electron chi connectivity index (χ4n) is 2.39. The van der Waals surface area contributed by atoms with E-state index in [1.807, 2.05) is 6.92 Å². The summed E-state index contributed by atoms with van der Waals surface area (Å²) in [6.07, 6.45) is 4.33. The lowest BCUT2D eigenvalue weighted by atomic mass is 9.78. The third kappa shape index (κ3) is 1.59. The lowest BCUT2D eigenvalue weighted by Crippen LogP contribution is -2.41. The van der Waals surface area contributed by atoms with Crippen molar-refractivity contribution in [2.45, 2.75) is 32.2 Å². The van der Waals surface area contributed by atoms with E-state index in [1.54, 1.807) is 18.3 Å². The number of anilines is 1. The van der Waals surface area contributed by atoms with E-state index in [9.17, 15) is 4.79 Å². The number of carbonyl (C=O) groups excluding carboxylic acids is 1. The van der Waals surface area contributed by atoms with Gasteiger partial charge in [-0.3, -0.25) is 4.79 Å². The third-order valence-electron chi connectivity index (χ3n) is 3.63. The minimum absolute atomic E-state index is 0.0306. The summed E-state index contributed by atoms with van der Waals surface area (Å²) >= 11 is 0. The number of nitrogens with zero attached hydrogens (tertiary/aromatic N) is 1. The molecule has 2 rings (SSSR count). The molecule has 1 aromatic heterocycles. The average molecular weight is 219 g/mol. The number of rotatable bonds is 2. The summed E-state index contributed by atoms with van der Waals surface area (Å²) in [5, 5.41) is 0. The fraction of sp³-hybridized carbons (Fsp3) is 0.500. The van der Waals surface area contributed by atoms with E-state index in [-0.39, 0.29) is 11.8 Å². The quantitative estimate of drug-likeness (QED) is 0.736. The second-order valence-electron chi connectivity index (χ2n) is 4.68. The Bertz CT molecular complexity index is 418. The van der Waals surface area contributed by atoms with Crippen LogP contribution in [0.1, 0.15) is 36.5 Å². The van der Waals surface area contributed by atoms with E-state index in [0.717, 1.165) is 19.3 Å². The van der Waals surface area contributed by atoms with Crippen molar-refractivity contribution in [1.82, 2.24) is 4.98 Å². The highest BCUT2D eigenvalue weighted by molar-refractivity contribution is 6.04. The molecule has 1 heterocycles. The molecule has 16 heavy (non-hydrogen) atoms. The highest BCUT2D eigenvalue weighted by Gasteiger charge is 2.43. The van der Waals surface area contributed by atoms with Crippen molar-refractivity contribution in [1.29, 1.82) is 0 Å². The molecule has 1 aromatic rings. The van der Waals surface area contributed by atoms with E-state index in [2.05, 4.69) is 4.98 Å². The van der Waals surface area contributed by atoms with E-state index >= 15 is 0 Å². The van der Waals surface area contributed by atoms with Gasteiger partial charge >= 0.3 is 0 Å². The first-order valence-electron chi connectivity index (χ1n) is 5.56. The predicted molar refractivity (Wildman–Crippen MR) is 62.9 cm³/mol. The number of pyridine rings is 1. The minimum Gasteiger partial charge on any atom is -0.383 e. The standard InChI is InChI=1S/C12H17N3O/c1-12(6-2-5-9(12)13)10(16)8-4-3-7-15-11(8)14/h3-4,7,9H,2,5-6,13H2,1H3,(H2,14,15). The van der Waals surface area contributed by atoms with Crippen LogP contribution in [-0.4, -0.2) is 16.8 Å². The lowest BCUT2D eigenvalue weighted by Gasteiger charge is -2.27. The highest BCUT2D eigenvalue weighted by atomic mass is 16.1. The molecule has 4 nitrogen and oxygen atoms in total. The zero-order valence-corrected chi connectivity index (χ0v) is 9.44. The number of hydrogen-bond donors (Lipinski definition) is 2. The molecule has 0 aromatic carbocycles. The summed E-state index contributed by atoms with van der Waals surface area (Å²) in [6.45, 7) is 1.93. The number of nitrogen functional groups attached to an aromatic ring is 1. The number of hydrogen-bond acceptors (Lipinski definition) is 4. The molecule has 0 radical (unpaired) electrons. The van der Waals surface area contributed by atoms with Crippen LogP contribution in [0, 0.1) is 5.41 Å². The van der Waals surface area contributed by atoms with E-state index in [4.69, 9.17) is 11.5 Å². The molecule has 1 aliphatic carbocycles. The Labute approximate surface area is 95.0 Å². The lowest BCUT2D eigenvalue weighted by molar-refractivity contribution is 0.0803. The third-order valence-corrected chi connectivity index (χ3v) is 3.63. The average Bonchev–Trinajstić information content (AvgIpc) is 2.60. The van der Waals surface area contributed by atoms with Gasteiger partial charge in [-0.25, -0.2) is 4.98 Å². The number of ketones is 1. The Morgan fingerprint density at radius 2 is 2.38 bits per heavy atom. The topological polar surface area (TPSA) is 82.0 Å². The largest absolute Gasteiger partial charge is 0.383 e. The molecule has 0 saturated heterocycles. The Morgan fingerprint density at radius 3 is 2.94 bits per heavy atom. The van der Waals surface area contributed by atoms with Crippen LogP contribution < -0.4 is 11.5 Å². The Hall–Kier alpha value is -1.42. The molecule has 2 atom stereocenters. The molecular formula is C12H17N3O. The number of carbonyl (C=O) groups is 1. The second kappa shape index (κ2) is 3.87. The molecule has 2 unspecified atom stereocenters. The second-order valence-corrected chi connectivity index (χ2v) is 4.68. The van der Waals surface area contributed by atoms with Crippen LogP contribution in [0.4, 0.5) is 5.82 Å². The summed E-state index contributed by atoms with van der Waals surface area (Å²) in [5.74, 6) is 0.330. The van der Waals surface area contributed by atoms with Crippen molar-refractivity contribution in [3.63, 3.8) is 0 Å². The van der Waals surface area contributed by atoms with Gasteiger partial charge in [-0.1, -0.05) is 13.3 Å². The van der Waals surface area contributed by atoms with Crippen LogP contribution in [0.3, 0.4) is 0 Å². The van der Waals surface area contributed by atoms with Crippen molar-refractivity contribution in [3.05, 3.63) is 23.9 Å². The molecule has 1 saturated carbocycles. The molecule has 0 spiro atoms. The van der Waals surface area contributed by atoms with Gasteiger partial charge in [0, 0.05) is 17.7 Å². The molecule has 1 fully saturated rings. The SMILES string of the molecule is CC1(C(=O)c2cccnc2N)CCCC1N. The van der Waals surface area contributed by atoms with Gasteiger partial charge in [0.25, 0.3) is 0 Å². The van der Waals surface area contributed by atoms with Gasteiger partial charge < -0.3 is 11.5 Å². The summed E-state index contributed by atoms with van der Waals surface area (Å²) < 4.78 is 0. The van der Waals surface area contributed by atoms with Crippen molar-refractivity contribution in [2.24, 2.45) is 11.1 Å². The number of Topliss-reactive ketones (excluding diaryl/α,β-unsaturated/α-hetero) is 1. The Morgan fingerprint density at radius 1 is 1.62 bits per heavy atom. The monoisotopic (exact) mass is 219 g/mol. The molecule has 86 valence electrons. The molecular weight excluding hydrogens is 202 g/mol. The maximum absolute atomic E-state index is 12.4. The van der Waals surface area contributed by atoms with Gasteiger partial charge in [-0.05, 0) is 25.0 Å². The first-order valence-corrected chi connectivity index (χ1v) is 5.56. The van der Waals surface area contributed by atoms with Crippen molar-refractivity contribution >= 4 is 11.6 Å². The molecule has 4 N–H and O–H groups in total. The van der Waals surface area contributed by atoms with E-state index < -0.39 is 5.41 Å². The maximum atomic E-state index is 12.4. The normalized spacial score (nSPS) is 29.2. The van der Waals surface area contributed by atoms with Gasteiger partial charge in [0.1, 0.15) is 5.82 Å². The fourth-order valence-corrected chi connectivity index (χ4v) is 2.39. The molecule has 4 heteroatoms. The van der Waals surface area contributed by atoms with Crippen LogP contribution in [-0.2, 0) is 0 Å². The smallest absolute Gasteiger partial charge is 0.173 e. The van der Waals surface area contributed by atoms with Crippen LogP contribution in [0.15, 0.2) is 18.3 Å². The van der Waals surface area contributed by atoms with Crippen LogP contribution in [0.25, 0.3) is 0 Å². The van der Waals surface area contributed by atoms with Crippen LogP contribution in [0.5, 0.6) is 0 Å². The minimum atomic E-state index is -0.475. The summed E-state index contributed by atoms with van der Waals surface area (Å²) in [5.41, 5.74) is 11.8. The highest BCUT2D eigenvalue weighted by Crippen LogP contribution is 2.40. The first kappa shape index (κ1) is 11.1. The Kier molecular flexibility index (Phi) is 2.68. The molecule has 1 aliphatic rings. The van der Waals surface area contributed by atoms with Gasteiger partial charge in [0.2, 0.25) is 0 Å². The van der Waals surface area contributed by atoms with Crippen molar-refractivity contribution in [3.8, 4) is 0 Å². The summed E-state index contributed by atoms with van der Waals surface area (Å²) in [6, 6.07) is 3.38. The number of aromatic nitrogens is 1.